The largest absolute Gasteiger partial charge is 0.497 e. The van der Waals surface area contributed by atoms with Crippen molar-refractivity contribution in [2.24, 2.45) is 10.9 Å². The maximum Gasteiger partial charge on any atom is 0.225 e. The lowest BCUT2D eigenvalue weighted by Gasteiger charge is -2.20. The van der Waals surface area contributed by atoms with Crippen molar-refractivity contribution in [1.29, 1.82) is 0 Å². The molecular weight excluding hydrogens is 479 g/mol. The Morgan fingerprint density at radius 3 is 2.62 bits per heavy atom. The normalized spacial score (nSPS) is 16.5. The van der Waals surface area contributed by atoms with Crippen LogP contribution >= 0.6 is 24.0 Å². The van der Waals surface area contributed by atoms with Crippen LogP contribution in [0.4, 0.5) is 0 Å². The van der Waals surface area contributed by atoms with E-state index < -0.39 is 0 Å². The summed E-state index contributed by atoms with van der Waals surface area (Å²) in [5, 5.41) is 6.81. The molecule has 1 fully saturated rings. The van der Waals surface area contributed by atoms with Gasteiger partial charge in [-0.25, -0.2) is 0 Å². The molecule has 0 aliphatic carbocycles. The van der Waals surface area contributed by atoms with Gasteiger partial charge in [0, 0.05) is 38.1 Å². The van der Waals surface area contributed by atoms with E-state index in [-0.39, 0.29) is 41.8 Å². The maximum atomic E-state index is 12.1. The van der Waals surface area contributed by atoms with E-state index in [1.165, 1.54) is 5.56 Å². The van der Waals surface area contributed by atoms with Crippen molar-refractivity contribution in [2.45, 2.75) is 52.5 Å². The highest BCUT2D eigenvalue weighted by molar-refractivity contribution is 14.0. The zero-order valence-corrected chi connectivity index (χ0v) is 20.6. The molecule has 0 radical (unpaired) electrons. The third kappa shape index (κ3) is 8.80. The van der Waals surface area contributed by atoms with E-state index in [9.17, 15) is 4.79 Å². The van der Waals surface area contributed by atoms with Crippen LogP contribution in [-0.4, -0.2) is 56.1 Å². The van der Waals surface area contributed by atoms with E-state index in [1.807, 2.05) is 30.9 Å². The van der Waals surface area contributed by atoms with Crippen molar-refractivity contribution in [1.82, 2.24) is 15.5 Å². The summed E-state index contributed by atoms with van der Waals surface area (Å²) in [5.74, 6) is 2.06. The molecule has 1 amide bonds. The van der Waals surface area contributed by atoms with E-state index in [0.717, 1.165) is 63.6 Å². The lowest BCUT2D eigenvalue weighted by Crippen LogP contribution is -2.45. The minimum absolute atomic E-state index is 0. The number of ether oxygens (including phenoxy) is 1. The monoisotopic (exact) mass is 516 g/mol. The van der Waals surface area contributed by atoms with Gasteiger partial charge in [-0.15, -0.1) is 24.0 Å². The summed E-state index contributed by atoms with van der Waals surface area (Å²) >= 11 is 0. The zero-order chi connectivity index (χ0) is 20.4. The number of methoxy groups -OCH3 is 1. The van der Waals surface area contributed by atoms with Crippen molar-refractivity contribution in [2.75, 3.05) is 33.3 Å². The second kappa shape index (κ2) is 13.7. The van der Waals surface area contributed by atoms with E-state index in [1.54, 1.807) is 7.11 Å². The van der Waals surface area contributed by atoms with Crippen LogP contribution < -0.4 is 15.4 Å². The number of aliphatic imine (C=N–C) groups is 1. The molecule has 1 atom stereocenters. The predicted molar refractivity (Wildman–Crippen MR) is 130 cm³/mol. The van der Waals surface area contributed by atoms with Crippen molar-refractivity contribution in [3.63, 3.8) is 0 Å². The van der Waals surface area contributed by atoms with Crippen LogP contribution in [0.5, 0.6) is 5.75 Å². The summed E-state index contributed by atoms with van der Waals surface area (Å²) in [7, 11) is 1.69. The van der Waals surface area contributed by atoms with Crippen LogP contribution in [0.2, 0.25) is 0 Å². The molecule has 2 rings (SSSR count). The fraction of sp³-hybridized carbons (Fsp3) is 0.636. The summed E-state index contributed by atoms with van der Waals surface area (Å²) in [4.78, 5) is 18.8. The summed E-state index contributed by atoms with van der Waals surface area (Å²) in [5.41, 5.74) is 1.33. The number of carbonyl (C=O) groups excluding carboxylic acids is 1. The topological polar surface area (TPSA) is 66.0 Å². The number of hydrogen-bond donors (Lipinski definition) is 2. The molecule has 1 aliphatic heterocycles. The number of halogens is 1. The first kappa shape index (κ1) is 25.5. The van der Waals surface area contributed by atoms with Crippen molar-refractivity contribution in [3.05, 3.63) is 29.8 Å². The van der Waals surface area contributed by atoms with Gasteiger partial charge in [0.2, 0.25) is 5.91 Å². The maximum absolute atomic E-state index is 12.1. The first-order valence-corrected chi connectivity index (χ1v) is 10.5. The highest BCUT2D eigenvalue weighted by Crippen LogP contribution is 2.14. The van der Waals surface area contributed by atoms with Crippen LogP contribution in [0.15, 0.2) is 29.3 Å². The SMILES string of the molecule is CCNC(=NCCCCc1ccc(OC)cc1)NC1CCN(C(=O)C(C)C)C1.I. The van der Waals surface area contributed by atoms with Gasteiger partial charge < -0.3 is 20.3 Å². The third-order valence-electron chi connectivity index (χ3n) is 4.98. The number of amides is 1. The van der Waals surface area contributed by atoms with Crippen molar-refractivity contribution >= 4 is 35.8 Å². The zero-order valence-electron chi connectivity index (χ0n) is 18.2. The molecule has 1 aromatic carbocycles. The van der Waals surface area contributed by atoms with Gasteiger partial charge in [-0.1, -0.05) is 26.0 Å². The molecule has 1 saturated heterocycles. The molecule has 1 unspecified atom stereocenters. The molecule has 1 heterocycles. The Balaban J connectivity index is 0.00000420. The summed E-state index contributed by atoms with van der Waals surface area (Å²) in [6, 6.07) is 8.54. The number of hydrogen-bond acceptors (Lipinski definition) is 3. The van der Waals surface area contributed by atoms with Crippen molar-refractivity contribution in [3.8, 4) is 5.75 Å². The molecule has 7 heteroatoms. The van der Waals surface area contributed by atoms with Gasteiger partial charge in [-0.05, 0) is 50.3 Å². The van der Waals surface area contributed by atoms with Gasteiger partial charge in [0.25, 0.3) is 0 Å². The first-order chi connectivity index (χ1) is 13.5. The van der Waals surface area contributed by atoms with Gasteiger partial charge in [0.15, 0.2) is 5.96 Å². The van der Waals surface area contributed by atoms with E-state index >= 15 is 0 Å². The molecule has 0 aromatic heterocycles. The number of likely N-dealkylation sites (tertiary alicyclic amines) is 1. The van der Waals surface area contributed by atoms with Crippen LogP contribution in [0.25, 0.3) is 0 Å². The van der Waals surface area contributed by atoms with E-state index in [2.05, 4.69) is 29.7 Å². The van der Waals surface area contributed by atoms with Gasteiger partial charge in [-0.2, -0.15) is 0 Å². The molecule has 2 N–H and O–H groups in total. The molecule has 6 nitrogen and oxygen atoms in total. The fourth-order valence-electron chi connectivity index (χ4n) is 3.38. The molecule has 0 bridgehead atoms. The van der Waals surface area contributed by atoms with Crippen LogP contribution in [0.1, 0.15) is 45.6 Å². The number of guanidine groups is 1. The summed E-state index contributed by atoms with van der Waals surface area (Å²) in [6.07, 6.45) is 4.18. The fourth-order valence-corrected chi connectivity index (χ4v) is 3.38. The lowest BCUT2D eigenvalue weighted by molar-refractivity contribution is -0.133. The number of nitrogens with one attached hydrogen (secondary N) is 2. The summed E-state index contributed by atoms with van der Waals surface area (Å²) in [6.45, 7) is 9.21. The standard InChI is InChI=1S/C22H36N4O2.HI/c1-5-23-22(25-19-13-15-26(16-19)21(27)17(2)3)24-14-7-6-8-18-9-11-20(28-4)12-10-18;/h9-12,17,19H,5-8,13-16H2,1-4H3,(H2,23,24,25);1H. The molecule has 164 valence electrons. The number of unbranched alkanes of at least 4 members (excludes halogenated alkanes) is 1. The Labute approximate surface area is 192 Å². The van der Waals surface area contributed by atoms with Gasteiger partial charge >= 0.3 is 0 Å². The quantitative estimate of drug-likeness (QED) is 0.229. The highest BCUT2D eigenvalue weighted by atomic mass is 127. The van der Waals surface area contributed by atoms with Crippen LogP contribution in [0.3, 0.4) is 0 Å². The Morgan fingerprint density at radius 2 is 2.00 bits per heavy atom. The third-order valence-corrected chi connectivity index (χ3v) is 4.98. The number of carbonyl (C=O) groups is 1. The minimum atomic E-state index is 0. The lowest BCUT2D eigenvalue weighted by atomic mass is 10.1. The summed E-state index contributed by atoms with van der Waals surface area (Å²) < 4.78 is 5.19. The molecule has 0 spiro atoms. The first-order valence-electron chi connectivity index (χ1n) is 10.5. The van der Waals surface area contributed by atoms with Gasteiger partial charge in [-0.3, -0.25) is 9.79 Å². The average molecular weight is 516 g/mol. The predicted octanol–water partition coefficient (Wildman–Crippen LogP) is 3.45. The molecular formula is C22H37IN4O2. The van der Waals surface area contributed by atoms with Gasteiger partial charge in [0.05, 0.1) is 7.11 Å². The van der Waals surface area contributed by atoms with Crippen LogP contribution in [-0.2, 0) is 11.2 Å². The Morgan fingerprint density at radius 1 is 1.28 bits per heavy atom. The van der Waals surface area contributed by atoms with Crippen LogP contribution in [0, 0.1) is 5.92 Å². The van der Waals surface area contributed by atoms with E-state index in [0.29, 0.717) is 0 Å². The Kier molecular flexibility index (Phi) is 12.0. The molecule has 1 aliphatic rings. The minimum Gasteiger partial charge on any atom is -0.497 e. The molecule has 29 heavy (non-hydrogen) atoms. The van der Waals surface area contributed by atoms with E-state index in [4.69, 9.17) is 9.73 Å². The number of nitrogens with zero attached hydrogens (tertiary/aromatic N) is 2. The van der Waals surface area contributed by atoms with Crippen molar-refractivity contribution < 1.29 is 9.53 Å². The second-order valence-electron chi connectivity index (χ2n) is 7.63. The number of benzene rings is 1. The van der Waals surface area contributed by atoms with Gasteiger partial charge in [0.1, 0.15) is 5.75 Å². The molecule has 0 saturated carbocycles. The Hall–Kier alpha value is -1.51. The second-order valence-corrected chi connectivity index (χ2v) is 7.63. The number of rotatable bonds is 9. The smallest absolute Gasteiger partial charge is 0.225 e. The highest BCUT2D eigenvalue weighted by Gasteiger charge is 2.27. The number of aryl methyl sites for hydroxylation is 1. The Bertz CT molecular complexity index is 634. The molecule has 1 aromatic rings. The average Bonchev–Trinajstić information content (AvgIpc) is 3.16.